The summed E-state index contributed by atoms with van der Waals surface area (Å²) in [5.41, 5.74) is 0.998. The first-order valence-corrected chi connectivity index (χ1v) is 8.93. The fourth-order valence-electron chi connectivity index (χ4n) is 4.80. The van der Waals surface area contributed by atoms with Gasteiger partial charge in [0.15, 0.2) is 0 Å². The van der Waals surface area contributed by atoms with Crippen LogP contribution in [-0.4, -0.2) is 23.7 Å². The number of anilines is 2. The Morgan fingerprint density at radius 3 is 2.12 bits per heavy atom. The molecule has 2 saturated carbocycles. The molecule has 3 aliphatic rings. The van der Waals surface area contributed by atoms with Gasteiger partial charge in [0.2, 0.25) is 17.7 Å². The number of imide groups is 1. The maximum atomic E-state index is 12.8. The van der Waals surface area contributed by atoms with Crippen LogP contribution in [0.3, 0.4) is 0 Å². The van der Waals surface area contributed by atoms with E-state index in [1.54, 1.807) is 24.3 Å². The Bertz CT molecular complexity index is 760. The summed E-state index contributed by atoms with van der Waals surface area (Å²) in [7, 11) is 0. The topological polar surface area (TPSA) is 107 Å². The SMILES string of the molecule is O=C([O-])CCC(=O)Nc1ccc(N2C(=O)[C@@H]3[C@@H]4CC[C@@H](C4)[C@@H]3C2=O)cc1. The highest BCUT2D eigenvalue weighted by molar-refractivity contribution is 6.22. The number of carboxylic acid groups (broad SMARTS) is 1. The van der Waals surface area contributed by atoms with Crippen LogP contribution in [0.1, 0.15) is 32.1 Å². The van der Waals surface area contributed by atoms with Crippen molar-refractivity contribution in [1.29, 1.82) is 0 Å². The number of carboxylic acids is 1. The van der Waals surface area contributed by atoms with Gasteiger partial charge in [-0.3, -0.25) is 19.3 Å². The fraction of sp³-hybridized carbons (Fsp3) is 0.474. The molecule has 0 unspecified atom stereocenters. The minimum atomic E-state index is -1.28. The number of amides is 3. The number of fused-ring (bicyclic) bond motifs is 5. The third kappa shape index (κ3) is 2.67. The Kier molecular flexibility index (Phi) is 4.01. The molecular formula is C19H19N2O5-. The highest BCUT2D eigenvalue weighted by Crippen LogP contribution is 2.56. The molecule has 136 valence electrons. The van der Waals surface area contributed by atoms with Crippen LogP contribution in [0, 0.1) is 23.7 Å². The molecule has 2 aliphatic carbocycles. The number of benzene rings is 1. The second-order valence-corrected chi connectivity index (χ2v) is 7.36. The van der Waals surface area contributed by atoms with Crippen molar-refractivity contribution in [3.63, 3.8) is 0 Å². The van der Waals surface area contributed by atoms with Crippen molar-refractivity contribution in [2.45, 2.75) is 32.1 Å². The van der Waals surface area contributed by atoms with Crippen LogP contribution in [0.5, 0.6) is 0 Å². The van der Waals surface area contributed by atoms with Crippen LogP contribution in [0.15, 0.2) is 24.3 Å². The van der Waals surface area contributed by atoms with Gasteiger partial charge in [-0.25, -0.2) is 0 Å². The van der Waals surface area contributed by atoms with Crippen LogP contribution in [0.2, 0.25) is 0 Å². The number of hydrogen-bond donors (Lipinski definition) is 1. The molecule has 1 heterocycles. The molecule has 26 heavy (non-hydrogen) atoms. The number of nitrogens with zero attached hydrogens (tertiary/aromatic N) is 1. The normalized spacial score (nSPS) is 29.2. The van der Waals surface area contributed by atoms with Crippen molar-refractivity contribution in [2.24, 2.45) is 23.7 Å². The summed E-state index contributed by atoms with van der Waals surface area (Å²) in [6, 6.07) is 6.48. The average Bonchev–Trinajstić information content (AvgIpc) is 3.28. The summed E-state index contributed by atoms with van der Waals surface area (Å²) in [5, 5.41) is 13.0. The highest BCUT2D eigenvalue weighted by Gasteiger charge is 2.61. The van der Waals surface area contributed by atoms with Crippen molar-refractivity contribution < 1.29 is 24.3 Å². The van der Waals surface area contributed by atoms with Crippen LogP contribution in [0.25, 0.3) is 0 Å². The molecule has 7 nitrogen and oxygen atoms in total. The van der Waals surface area contributed by atoms with E-state index >= 15 is 0 Å². The minimum absolute atomic E-state index is 0.0991. The molecule has 1 aromatic carbocycles. The van der Waals surface area contributed by atoms with Gasteiger partial charge in [-0.15, -0.1) is 0 Å². The van der Waals surface area contributed by atoms with E-state index in [9.17, 15) is 24.3 Å². The van der Waals surface area contributed by atoms with Crippen molar-refractivity contribution in [2.75, 3.05) is 10.2 Å². The smallest absolute Gasteiger partial charge is 0.237 e. The number of nitrogens with one attached hydrogen (secondary N) is 1. The predicted octanol–water partition coefficient (Wildman–Crippen LogP) is 0.691. The summed E-state index contributed by atoms with van der Waals surface area (Å²) in [6.07, 6.45) is 2.56. The first-order valence-electron chi connectivity index (χ1n) is 8.93. The van der Waals surface area contributed by atoms with Gasteiger partial charge in [0.1, 0.15) is 0 Å². The summed E-state index contributed by atoms with van der Waals surface area (Å²) in [4.78, 5) is 48.9. The molecule has 2 bridgehead atoms. The molecule has 1 aliphatic heterocycles. The van der Waals surface area contributed by atoms with E-state index in [1.165, 1.54) is 4.90 Å². The number of rotatable bonds is 5. The summed E-state index contributed by atoms with van der Waals surface area (Å²) in [6.45, 7) is 0. The molecule has 4 rings (SSSR count). The van der Waals surface area contributed by atoms with Gasteiger partial charge in [0.05, 0.1) is 17.5 Å². The lowest BCUT2D eigenvalue weighted by Gasteiger charge is -2.19. The maximum absolute atomic E-state index is 12.8. The Hall–Kier alpha value is -2.70. The second-order valence-electron chi connectivity index (χ2n) is 7.36. The quantitative estimate of drug-likeness (QED) is 0.782. The molecule has 3 amide bonds. The summed E-state index contributed by atoms with van der Waals surface area (Å²) in [5.74, 6) is -1.55. The second kappa shape index (κ2) is 6.23. The van der Waals surface area contributed by atoms with Crippen LogP contribution in [-0.2, 0) is 19.2 Å². The minimum Gasteiger partial charge on any atom is -0.550 e. The Balaban J connectivity index is 1.46. The van der Waals surface area contributed by atoms with E-state index in [2.05, 4.69) is 5.32 Å². The van der Waals surface area contributed by atoms with Gasteiger partial charge in [-0.05, 0) is 61.8 Å². The lowest BCUT2D eigenvalue weighted by atomic mass is 9.81. The number of carbonyl (C=O) groups excluding carboxylic acids is 4. The predicted molar refractivity (Wildman–Crippen MR) is 89.6 cm³/mol. The molecule has 0 radical (unpaired) electrons. The molecular weight excluding hydrogens is 336 g/mol. The van der Waals surface area contributed by atoms with Gasteiger partial charge in [0, 0.05) is 18.1 Å². The molecule has 1 saturated heterocycles. The first-order chi connectivity index (χ1) is 12.5. The highest BCUT2D eigenvalue weighted by atomic mass is 16.4. The molecule has 7 heteroatoms. The Morgan fingerprint density at radius 2 is 1.58 bits per heavy atom. The van der Waals surface area contributed by atoms with Crippen LogP contribution >= 0.6 is 0 Å². The van der Waals surface area contributed by atoms with Crippen molar-refractivity contribution in [3.8, 4) is 0 Å². The number of carbonyl (C=O) groups is 4. The summed E-state index contributed by atoms with van der Waals surface area (Å²) < 4.78 is 0. The van der Waals surface area contributed by atoms with Crippen LogP contribution in [0.4, 0.5) is 11.4 Å². The number of aliphatic carboxylic acids is 1. The molecule has 0 spiro atoms. The molecule has 4 atom stereocenters. The van der Waals surface area contributed by atoms with Gasteiger partial charge < -0.3 is 15.2 Å². The van der Waals surface area contributed by atoms with E-state index < -0.39 is 11.9 Å². The zero-order chi connectivity index (χ0) is 18.4. The lowest BCUT2D eigenvalue weighted by molar-refractivity contribution is -0.305. The lowest BCUT2D eigenvalue weighted by Crippen LogP contribution is -2.32. The van der Waals surface area contributed by atoms with Crippen LogP contribution < -0.4 is 15.3 Å². The monoisotopic (exact) mass is 355 g/mol. The van der Waals surface area contributed by atoms with Crippen molar-refractivity contribution in [3.05, 3.63) is 24.3 Å². The van der Waals surface area contributed by atoms with Gasteiger partial charge in [-0.2, -0.15) is 0 Å². The molecule has 3 fully saturated rings. The standard InChI is InChI=1S/C19H20N2O5/c22-14(7-8-15(23)24)20-12-3-5-13(6-4-12)21-18(25)16-10-1-2-11(9-10)17(16)19(21)26/h3-6,10-11,16-17H,1-2,7-9H2,(H,20,22)(H,23,24)/p-1/t10-,11+,16-,17+. The largest absolute Gasteiger partial charge is 0.550 e. The zero-order valence-electron chi connectivity index (χ0n) is 14.1. The summed E-state index contributed by atoms with van der Waals surface area (Å²) >= 11 is 0. The molecule has 0 aromatic heterocycles. The van der Waals surface area contributed by atoms with E-state index in [1.807, 2.05) is 0 Å². The fourth-order valence-corrected chi connectivity index (χ4v) is 4.80. The van der Waals surface area contributed by atoms with E-state index in [4.69, 9.17) is 0 Å². The van der Waals surface area contributed by atoms with Gasteiger partial charge >= 0.3 is 0 Å². The van der Waals surface area contributed by atoms with Gasteiger partial charge in [0.25, 0.3) is 0 Å². The zero-order valence-corrected chi connectivity index (χ0v) is 14.1. The van der Waals surface area contributed by atoms with Crippen molar-refractivity contribution >= 4 is 35.1 Å². The van der Waals surface area contributed by atoms with E-state index in [-0.39, 0.29) is 36.5 Å². The Labute approximate surface area is 150 Å². The van der Waals surface area contributed by atoms with Gasteiger partial charge in [-0.1, -0.05) is 0 Å². The van der Waals surface area contributed by atoms with Crippen molar-refractivity contribution in [1.82, 2.24) is 0 Å². The third-order valence-electron chi connectivity index (χ3n) is 5.89. The Morgan fingerprint density at radius 1 is 1.00 bits per heavy atom. The maximum Gasteiger partial charge on any atom is 0.237 e. The first kappa shape index (κ1) is 16.8. The third-order valence-corrected chi connectivity index (χ3v) is 5.89. The average molecular weight is 355 g/mol. The van der Waals surface area contributed by atoms with E-state index in [0.717, 1.165) is 19.3 Å². The molecule has 1 N–H and O–H groups in total. The van der Waals surface area contributed by atoms with E-state index in [0.29, 0.717) is 23.2 Å². The molecule has 1 aromatic rings. The number of hydrogen-bond acceptors (Lipinski definition) is 5.